The molecule has 3 aromatic heterocycles. The number of aromatic amines is 1. The van der Waals surface area contributed by atoms with Gasteiger partial charge in [-0.15, -0.1) is 0 Å². The lowest BCUT2D eigenvalue weighted by molar-refractivity contribution is 0.0958. The predicted molar refractivity (Wildman–Crippen MR) is 120 cm³/mol. The average Bonchev–Trinajstić information content (AvgIpc) is 3.45. The van der Waals surface area contributed by atoms with Gasteiger partial charge in [0.25, 0.3) is 11.5 Å². The summed E-state index contributed by atoms with van der Waals surface area (Å²) in [6.07, 6.45) is 8.08. The van der Waals surface area contributed by atoms with Crippen molar-refractivity contribution in [3.05, 3.63) is 64.3 Å². The van der Waals surface area contributed by atoms with Gasteiger partial charge in [-0.1, -0.05) is 0 Å². The van der Waals surface area contributed by atoms with E-state index in [1.165, 1.54) is 12.3 Å². The molecule has 2 N–H and O–H groups in total. The second-order valence-electron chi connectivity index (χ2n) is 8.67. The van der Waals surface area contributed by atoms with Gasteiger partial charge in [0.05, 0.1) is 11.9 Å². The molecule has 2 saturated heterocycles. The molecule has 168 valence electrons. The molecule has 0 spiro atoms. The van der Waals surface area contributed by atoms with Crippen LogP contribution in [0.3, 0.4) is 0 Å². The summed E-state index contributed by atoms with van der Waals surface area (Å²) in [5, 5.41) is 2.59. The van der Waals surface area contributed by atoms with Crippen molar-refractivity contribution in [2.45, 2.75) is 31.2 Å². The Labute approximate surface area is 185 Å². The number of rotatable bonds is 4. The Bertz CT molecular complexity index is 1180. The normalized spacial score (nSPS) is 20.2. The van der Waals surface area contributed by atoms with Crippen LogP contribution in [0.4, 0.5) is 10.1 Å². The number of fused-ring (bicyclic) bond motifs is 1. The molecule has 32 heavy (non-hydrogen) atoms. The lowest BCUT2D eigenvalue weighted by Crippen LogP contribution is -2.44. The van der Waals surface area contributed by atoms with E-state index >= 15 is 0 Å². The number of piperidine rings is 1. The van der Waals surface area contributed by atoms with E-state index in [0.29, 0.717) is 17.3 Å². The summed E-state index contributed by atoms with van der Waals surface area (Å²) in [5.74, 6) is -0.329. The van der Waals surface area contributed by atoms with E-state index in [-0.39, 0.29) is 17.4 Å². The molecule has 1 unspecified atom stereocenters. The zero-order valence-corrected chi connectivity index (χ0v) is 18.1. The van der Waals surface area contributed by atoms with E-state index in [9.17, 15) is 14.0 Å². The van der Waals surface area contributed by atoms with Crippen LogP contribution in [0.2, 0.25) is 0 Å². The minimum atomic E-state index is -0.397. The zero-order valence-electron chi connectivity index (χ0n) is 18.1. The summed E-state index contributed by atoms with van der Waals surface area (Å²) in [4.78, 5) is 36.1. The van der Waals surface area contributed by atoms with Crippen LogP contribution in [0.15, 0.2) is 41.6 Å². The van der Waals surface area contributed by atoms with Crippen molar-refractivity contribution >= 4 is 17.1 Å². The highest BCUT2D eigenvalue weighted by molar-refractivity contribution is 5.92. The van der Waals surface area contributed by atoms with E-state index in [1.807, 2.05) is 12.3 Å². The molecule has 0 radical (unpaired) electrons. The van der Waals surface area contributed by atoms with E-state index < -0.39 is 5.82 Å². The van der Waals surface area contributed by atoms with Crippen LogP contribution >= 0.6 is 0 Å². The molecule has 2 aliphatic heterocycles. The van der Waals surface area contributed by atoms with Crippen LogP contribution < -0.4 is 15.8 Å². The second kappa shape index (κ2) is 8.38. The molecule has 1 atom stereocenters. The maximum absolute atomic E-state index is 13.5. The van der Waals surface area contributed by atoms with Crippen molar-refractivity contribution in [3.8, 4) is 0 Å². The highest BCUT2D eigenvalue weighted by Gasteiger charge is 2.32. The molecule has 3 aromatic rings. The number of anilines is 1. The first-order chi connectivity index (χ1) is 15.5. The van der Waals surface area contributed by atoms with Gasteiger partial charge in [-0.3, -0.25) is 14.5 Å². The van der Waals surface area contributed by atoms with Gasteiger partial charge >= 0.3 is 0 Å². The third-order valence-corrected chi connectivity index (χ3v) is 6.80. The van der Waals surface area contributed by atoms with Crippen LogP contribution in [0.25, 0.3) is 5.52 Å². The number of nitrogens with one attached hydrogen (secondary N) is 2. The van der Waals surface area contributed by atoms with Crippen LogP contribution in [-0.4, -0.2) is 64.4 Å². The molecule has 5 heterocycles. The van der Waals surface area contributed by atoms with Crippen molar-refractivity contribution < 1.29 is 9.18 Å². The zero-order chi connectivity index (χ0) is 22.2. The van der Waals surface area contributed by atoms with Crippen molar-refractivity contribution in [1.29, 1.82) is 0 Å². The summed E-state index contributed by atoms with van der Waals surface area (Å²) in [7, 11) is 1.60. The fourth-order valence-corrected chi connectivity index (χ4v) is 5.02. The Morgan fingerprint density at radius 2 is 2.00 bits per heavy atom. The van der Waals surface area contributed by atoms with Gasteiger partial charge < -0.3 is 19.6 Å². The Hall–Kier alpha value is -3.20. The maximum atomic E-state index is 13.5. The van der Waals surface area contributed by atoms with Crippen LogP contribution in [-0.2, 0) is 0 Å². The number of likely N-dealkylation sites (tertiary alicyclic amines) is 1. The first-order valence-corrected chi connectivity index (χ1v) is 11.1. The first kappa shape index (κ1) is 20.7. The molecule has 0 aromatic carbocycles. The third kappa shape index (κ3) is 3.88. The van der Waals surface area contributed by atoms with E-state index in [2.05, 4.69) is 25.1 Å². The Morgan fingerprint density at radius 1 is 1.19 bits per heavy atom. The largest absolute Gasteiger partial charge is 0.370 e. The van der Waals surface area contributed by atoms with Gasteiger partial charge in [0.1, 0.15) is 17.0 Å². The quantitative estimate of drug-likeness (QED) is 0.651. The van der Waals surface area contributed by atoms with Crippen molar-refractivity contribution in [2.75, 3.05) is 38.1 Å². The summed E-state index contributed by atoms with van der Waals surface area (Å²) in [6, 6.07) is 5.49. The fourth-order valence-electron chi connectivity index (χ4n) is 5.02. The van der Waals surface area contributed by atoms with E-state index in [0.717, 1.165) is 56.8 Å². The minimum Gasteiger partial charge on any atom is -0.370 e. The number of hydrogen-bond donors (Lipinski definition) is 2. The van der Waals surface area contributed by atoms with Crippen LogP contribution in [0.1, 0.15) is 41.4 Å². The van der Waals surface area contributed by atoms with Crippen LogP contribution in [0.5, 0.6) is 0 Å². The first-order valence-electron chi connectivity index (χ1n) is 11.1. The summed E-state index contributed by atoms with van der Waals surface area (Å²) in [5.41, 5.74) is 2.44. The molecular weight excluding hydrogens is 411 g/mol. The summed E-state index contributed by atoms with van der Waals surface area (Å²) < 4.78 is 15.1. The average molecular weight is 439 g/mol. The standard InChI is InChI=1S/C23H27FN6O2/c1-25-22(31)19-3-2-18(11-26-19)28-8-5-17(6-9-28)29-7-4-15(12-29)20-14-30-13-16(24)10-21(30)23(32)27-20/h2-3,10-11,13-15,17H,4-9,12H2,1H3,(H,25,31)(H,27,32). The number of carbonyl (C=O) groups is 1. The molecule has 9 heteroatoms. The molecule has 8 nitrogen and oxygen atoms in total. The predicted octanol–water partition coefficient (Wildman–Crippen LogP) is 1.98. The SMILES string of the molecule is CNC(=O)c1ccc(N2CCC(N3CCC(c4cn5cc(F)cc5c(=O)[nH]4)C3)CC2)cn1. The number of aromatic nitrogens is 3. The highest BCUT2D eigenvalue weighted by atomic mass is 19.1. The monoisotopic (exact) mass is 438 g/mol. The van der Waals surface area contributed by atoms with Gasteiger partial charge in [-0.05, 0) is 37.9 Å². The van der Waals surface area contributed by atoms with Crippen molar-refractivity contribution in [2.24, 2.45) is 0 Å². The van der Waals surface area contributed by atoms with Gasteiger partial charge in [0.2, 0.25) is 0 Å². The number of nitrogens with zero attached hydrogens (tertiary/aromatic N) is 4. The molecule has 1 amide bonds. The summed E-state index contributed by atoms with van der Waals surface area (Å²) in [6.45, 7) is 3.78. The number of amides is 1. The van der Waals surface area contributed by atoms with Gasteiger partial charge in [0.15, 0.2) is 0 Å². The highest BCUT2D eigenvalue weighted by Crippen LogP contribution is 2.30. The lowest BCUT2D eigenvalue weighted by atomic mass is 10.0. The van der Waals surface area contributed by atoms with Gasteiger partial charge in [-0.2, -0.15) is 0 Å². The Balaban J connectivity index is 1.20. The topological polar surface area (TPSA) is 85.7 Å². The molecule has 0 aliphatic carbocycles. The third-order valence-electron chi connectivity index (χ3n) is 6.80. The van der Waals surface area contributed by atoms with Gasteiger partial charge in [0, 0.05) is 62.8 Å². The number of H-pyrrole nitrogens is 1. The van der Waals surface area contributed by atoms with E-state index in [1.54, 1.807) is 23.7 Å². The molecule has 5 rings (SSSR count). The minimum absolute atomic E-state index is 0.179. The molecule has 2 aliphatic rings. The number of halogens is 1. The van der Waals surface area contributed by atoms with Crippen LogP contribution in [0, 0.1) is 5.82 Å². The maximum Gasteiger partial charge on any atom is 0.272 e. The van der Waals surface area contributed by atoms with E-state index in [4.69, 9.17) is 0 Å². The fraction of sp³-hybridized carbons (Fsp3) is 0.435. The number of carbonyl (C=O) groups excluding carboxylic acids is 1. The number of hydrogen-bond acceptors (Lipinski definition) is 5. The van der Waals surface area contributed by atoms with Crippen molar-refractivity contribution in [1.82, 2.24) is 24.6 Å². The molecule has 0 bridgehead atoms. The Morgan fingerprint density at radius 3 is 2.72 bits per heavy atom. The molecule has 0 saturated carbocycles. The Kier molecular flexibility index (Phi) is 5.42. The molecular formula is C23H27FN6O2. The second-order valence-corrected chi connectivity index (χ2v) is 8.67. The van der Waals surface area contributed by atoms with Crippen molar-refractivity contribution in [3.63, 3.8) is 0 Å². The number of pyridine rings is 1. The lowest BCUT2D eigenvalue weighted by Gasteiger charge is -2.37. The molecule has 2 fully saturated rings. The van der Waals surface area contributed by atoms with Gasteiger partial charge in [-0.25, -0.2) is 9.37 Å². The smallest absolute Gasteiger partial charge is 0.272 e. The summed E-state index contributed by atoms with van der Waals surface area (Å²) >= 11 is 0.